The summed E-state index contributed by atoms with van der Waals surface area (Å²) in [6, 6.07) is 7.52. The molecule has 0 saturated heterocycles. The Morgan fingerprint density at radius 2 is 2.11 bits per heavy atom. The van der Waals surface area contributed by atoms with Crippen molar-refractivity contribution in [1.29, 1.82) is 0 Å². The zero-order valence-corrected chi connectivity index (χ0v) is 9.78. The predicted octanol–water partition coefficient (Wildman–Crippen LogP) is 1.77. The molecular weight excluding hydrogens is 230 g/mol. The third-order valence-corrected chi connectivity index (χ3v) is 3.70. The van der Waals surface area contributed by atoms with Crippen LogP contribution in [-0.4, -0.2) is 25.8 Å². The lowest BCUT2D eigenvalue weighted by molar-refractivity contribution is -0.147. The second-order valence-corrected chi connectivity index (χ2v) is 4.60. The van der Waals surface area contributed by atoms with Gasteiger partial charge < -0.3 is 5.11 Å². The van der Waals surface area contributed by atoms with Gasteiger partial charge in [0.15, 0.2) is 0 Å². The lowest BCUT2D eigenvalue weighted by atomic mass is 9.64. The summed E-state index contributed by atoms with van der Waals surface area (Å²) in [7, 11) is 0. The second kappa shape index (κ2) is 3.94. The highest BCUT2D eigenvalue weighted by atomic mass is 16.4. The van der Waals surface area contributed by atoms with E-state index < -0.39 is 11.4 Å². The smallest absolute Gasteiger partial charge is 0.314 e. The summed E-state index contributed by atoms with van der Waals surface area (Å²) in [4.78, 5) is 15.5. The lowest BCUT2D eigenvalue weighted by Gasteiger charge is -2.39. The van der Waals surface area contributed by atoms with E-state index in [1.807, 2.05) is 24.3 Å². The van der Waals surface area contributed by atoms with Gasteiger partial charge in [0.1, 0.15) is 12.7 Å². The predicted molar refractivity (Wildman–Crippen MR) is 64.5 cm³/mol. The van der Waals surface area contributed by atoms with Crippen LogP contribution in [0.4, 0.5) is 0 Å². The highest BCUT2D eigenvalue weighted by Crippen LogP contribution is 2.45. The van der Waals surface area contributed by atoms with Gasteiger partial charge in [0.25, 0.3) is 0 Å². The first-order valence-electron chi connectivity index (χ1n) is 5.92. The normalized spacial score (nSPS) is 17.1. The Hall–Kier alpha value is -2.17. The van der Waals surface area contributed by atoms with Crippen molar-refractivity contribution in [3.05, 3.63) is 42.5 Å². The van der Waals surface area contributed by atoms with Crippen molar-refractivity contribution in [1.82, 2.24) is 14.8 Å². The number of para-hydroxylation sites is 1. The molecule has 92 valence electrons. The number of nitrogens with zero attached hydrogens (tertiary/aromatic N) is 3. The molecule has 0 radical (unpaired) electrons. The number of hydrogen-bond acceptors (Lipinski definition) is 3. The Kier molecular flexibility index (Phi) is 2.40. The quantitative estimate of drug-likeness (QED) is 0.892. The summed E-state index contributed by atoms with van der Waals surface area (Å²) >= 11 is 0. The van der Waals surface area contributed by atoms with E-state index in [-0.39, 0.29) is 0 Å². The van der Waals surface area contributed by atoms with Crippen molar-refractivity contribution in [2.75, 3.05) is 0 Å². The summed E-state index contributed by atoms with van der Waals surface area (Å²) in [6.07, 6.45) is 5.37. The van der Waals surface area contributed by atoms with Gasteiger partial charge in [-0.1, -0.05) is 24.6 Å². The van der Waals surface area contributed by atoms with Gasteiger partial charge in [-0.15, -0.1) is 0 Å². The zero-order valence-electron chi connectivity index (χ0n) is 9.78. The third kappa shape index (κ3) is 1.44. The molecule has 1 saturated carbocycles. The number of aromatic nitrogens is 3. The second-order valence-electron chi connectivity index (χ2n) is 4.60. The fourth-order valence-corrected chi connectivity index (χ4v) is 2.54. The number of rotatable bonds is 3. The molecule has 1 aliphatic rings. The maximum absolute atomic E-state index is 11.6. The van der Waals surface area contributed by atoms with Crippen LogP contribution in [0.25, 0.3) is 5.69 Å². The molecule has 0 atom stereocenters. The van der Waals surface area contributed by atoms with E-state index in [0.29, 0.717) is 12.8 Å². The summed E-state index contributed by atoms with van der Waals surface area (Å²) in [5, 5.41) is 13.6. The van der Waals surface area contributed by atoms with Crippen LogP contribution in [0.15, 0.2) is 36.9 Å². The monoisotopic (exact) mass is 243 g/mol. The van der Waals surface area contributed by atoms with Crippen molar-refractivity contribution >= 4 is 5.97 Å². The average molecular weight is 243 g/mol. The van der Waals surface area contributed by atoms with Crippen molar-refractivity contribution in [3.63, 3.8) is 0 Å². The number of aliphatic carboxylic acids is 1. The first-order chi connectivity index (χ1) is 8.74. The largest absolute Gasteiger partial charge is 0.481 e. The Bertz CT molecular complexity index is 574. The highest BCUT2D eigenvalue weighted by molar-refractivity contribution is 5.84. The topological polar surface area (TPSA) is 68.0 Å². The minimum atomic E-state index is -0.749. The van der Waals surface area contributed by atoms with Crippen LogP contribution in [0.1, 0.15) is 24.8 Å². The van der Waals surface area contributed by atoms with Crippen LogP contribution in [0.3, 0.4) is 0 Å². The number of benzene rings is 1. The number of carbonyl (C=O) groups is 1. The number of carboxylic acid groups (broad SMARTS) is 1. The van der Waals surface area contributed by atoms with E-state index in [2.05, 4.69) is 10.1 Å². The van der Waals surface area contributed by atoms with Crippen LogP contribution >= 0.6 is 0 Å². The molecule has 0 bridgehead atoms. The first kappa shape index (κ1) is 11.0. The van der Waals surface area contributed by atoms with Gasteiger partial charge in [-0.2, -0.15) is 5.10 Å². The van der Waals surface area contributed by atoms with Gasteiger partial charge in [-0.05, 0) is 24.5 Å². The Labute approximate surface area is 104 Å². The fraction of sp³-hybridized carbons (Fsp3) is 0.308. The highest BCUT2D eigenvalue weighted by Gasteiger charge is 2.47. The molecule has 18 heavy (non-hydrogen) atoms. The van der Waals surface area contributed by atoms with Gasteiger partial charge in [0.2, 0.25) is 0 Å². The van der Waals surface area contributed by atoms with Gasteiger partial charge >= 0.3 is 5.97 Å². The van der Waals surface area contributed by atoms with Crippen LogP contribution in [0, 0.1) is 0 Å². The first-order valence-corrected chi connectivity index (χ1v) is 5.92. The molecule has 2 aromatic rings. The molecule has 3 rings (SSSR count). The van der Waals surface area contributed by atoms with Crippen LogP contribution in [-0.2, 0) is 10.2 Å². The minimum absolute atomic E-state index is 0.689. The summed E-state index contributed by atoms with van der Waals surface area (Å²) in [5.74, 6) is -0.749. The Morgan fingerprint density at radius 3 is 2.67 bits per heavy atom. The summed E-state index contributed by atoms with van der Waals surface area (Å²) in [5.41, 5.74) is 0.883. The molecule has 1 aliphatic carbocycles. The van der Waals surface area contributed by atoms with Gasteiger partial charge in [-0.3, -0.25) is 4.79 Å². The SMILES string of the molecule is O=C(O)C1(c2ccccc2-n2cncn2)CCC1. The van der Waals surface area contributed by atoms with E-state index in [0.717, 1.165) is 17.7 Å². The van der Waals surface area contributed by atoms with Crippen LogP contribution in [0.2, 0.25) is 0 Å². The maximum atomic E-state index is 11.6. The maximum Gasteiger partial charge on any atom is 0.314 e. The molecule has 1 heterocycles. The molecule has 1 fully saturated rings. The molecule has 0 spiro atoms. The molecule has 1 aromatic carbocycles. The molecule has 0 unspecified atom stereocenters. The van der Waals surface area contributed by atoms with E-state index in [1.54, 1.807) is 11.0 Å². The minimum Gasteiger partial charge on any atom is -0.481 e. The van der Waals surface area contributed by atoms with Crippen LogP contribution in [0.5, 0.6) is 0 Å². The standard InChI is InChI=1S/C13H13N3O2/c17-12(18)13(6-3-7-13)10-4-1-2-5-11(10)16-9-14-8-15-16/h1-2,4-5,8-9H,3,6-7H2,(H,17,18). The van der Waals surface area contributed by atoms with E-state index in [1.165, 1.54) is 6.33 Å². The Morgan fingerprint density at radius 1 is 1.33 bits per heavy atom. The Balaban J connectivity index is 2.15. The molecule has 0 aliphatic heterocycles. The molecule has 0 amide bonds. The van der Waals surface area contributed by atoms with Gasteiger partial charge in [-0.25, -0.2) is 9.67 Å². The molecular formula is C13H13N3O2. The third-order valence-electron chi connectivity index (χ3n) is 3.70. The average Bonchev–Trinajstić information content (AvgIpc) is 2.81. The summed E-state index contributed by atoms with van der Waals surface area (Å²) in [6.45, 7) is 0. The van der Waals surface area contributed by atoms with E-state index in [9.17, 15) is 9.90 Å². The van der Waals surface area contributed by atoms with Gasteiger partial charge in [0, 0.05) is 0 Å². The molecule has 1 aromatic heterocycles. The van der Waals surface area contributed by atoms with Crippen molar-refractivity contribution in [2.24, 2.45) is 0 Å². The van der Waals surface area contributed by atoms with Crippen molar-refractivity contribution < 1.29 is 9.90 Å². The number of carboxylic acids is 1. The number of hydrogen-bond donors (Lipinski definition) is 1. The van der Waals surface area contributed by atoms with E-state index in [4.69, 9.17) is 0 Å². The van der Waals surface area contributed by atoms with Crippen molar-refractivity contribution in [3.8, 4) is 5.69 Å². The summed E-state index contributed by atoms with van der Waals surface area (Å²) < 4.78 is 1.62. The van der Waals surface area contributed by atoms with Gasteiger partial charge in [0.05, 0.1) is 11.1 Å². The lowest BCUT2D eigenvalue weighted by Crippen LogP contribution is -2.43. The van der Waals surface area contributed by atoms with Crippen LogP contribution < -0.4 is 0 Å². The molecule has 5 heteroatoms. The molecule has 5 nitrogen and oxygen atoms in total. The zero-order chi connectivity index (χ0) is 12.6. The van der Waals surface area contributed by atoms with Crippen molar-refractivity contribution in [2.45, 2.75) is 24.7 Å². The van der Waals surface area contributed by atoms with E-state index >= 15 is 0 Å². The molecule has 1 N–H and O–H groups in total. The fourth-order valence-electron chi connectivity index (χ4n) is 2.54.